The summed E-state index contributed by atoms with van der Waals surface area (Å²) in [4.78, 5) is 6.11. The monoisotopic (exact) mass is 516 g/mol. The van der Waals surface area contributed by atoms with Gasteiger partial charge in [0.25, 0.3) is 0 Å². The second-order valence-corrected chi connectivity index (χ2v) is 8.24. The van der Waals surface area contributed by atoms with Crippen molar-refractivity contribution in [3.05, 3.63) is 34.9 Å². The van der Waals surface area contributed by atoms with Crippen molar-refractivity contribution < 1.29 is 13.2 Å². The maximum Gasteiger partial charge on any atom is 0.215 e. The predicted molar refractivity (Wildman–Crippen MR) is 116 cm³/mol. The van der Waals surface area contributed by atoms with Crippen LogP contribution in [-0.2, 0) is 21.3 Å². The summed E-state index contributed by atoms with van der Waals surface area (Å²) in [6.07, 6.45) is 0. The molecule has 1 aliphatic heterocycles. The number of sulfonamides is 1. The quantitative estimate of drug-likeness (QED) is 0.353. The van der Waals surface area contributed by atoms with Crippen molar-refractivity contribution in [1.29, 1.82) is 0 Å². The number of halogens is 2. The summed E-state index contributed by atoms with van der Waals surface area (Å²) in [5.41, 5.74) is 0.982. The van der Waals surface area contributed by atoms with E-state index in [1.807, 2.05) is 36.2 Å². The molecule has 1 N–H and O–H groups in total. The zero-order chi connectivity index (χ0) is 18.3. The highest BCUT2D eigenvalue weighted by molar-refractivity contribution is 14.0. The zero-order valence-corrected chi connectivity index (χ0v) is 18.9. The van der Waals surface area contributed by atoms with Gasteiger partial charge in [-0.15, -0.1) is 24.0 Å². The van der Waals surface area contributed by atoms with Crippen LogP contribution in [0, 0.1) is 0 Å². The van der Waals surface area contributed by atoms with Crippen LogP contribution in [0.5, 0.6) is 0 Å². The van der Waals surface area contributed by atoms with Crippen molar-refractivity contribution in [2.24, 2.45) is 4.99 Å². The van der Waals surface area contributed by atoms with Crippen LogP contribution < -0.4 is 5.32 Å². The molecule has 1 aromatic carbocycles. The number of nitrogens with zero attached hydrogens (tertiary/aromatic N) is 3. The van der Waals surface area contributed by atoms with Gasteiger partial charge >= 0.3 is 0 Å². The molecular formula is C16H26ClIN4O3S. The fraction of sp³-hybridized carbons (Fsp3) is 0.562. The van der Waals surface area contributed by atoms with Gasteiger partial charge in [0.2, 0.25) is 10.0 Å². The second-order valence-electron chi connectivity index (χ2n) is 5.75. The molecule has 0 radical (unpaired) electrons. The SMILES string of the molecule is CN=C(NCCS(=O)(=O)N1CCOCC1)N(C)Cc1ccccc1Cl.I. The molecule has 1 aromatic rings. The zero-order valence-electron chi connectivity index (χ0n) is 15.0. The van der Waals surface area contributed by atoms with Crippen molar-refractivity contribution in [1.82, 2.24) is 14.5 Å². The molecule has 0 saturated carbocycles. The third-order valence-electron chi connectivity index (χ3n) is 3.95. The average Bonchev–Trinajstić information content (AvgIpc) is 2.61. The van der Waals surface area contributed by atoms with Gasteiger partial charge in [0.15, 0.2) is 5.96 Å². The molecule has 26 heavy (non-hydrogen) atoms. The average molecular weight is 517 g/mol. The Morgan fingerprint density at radius 3 is 2.62 bits per heavy atom. The second kappa shape index (κ2) is 11.3. The maximum atomic E-state index is 12.3. The molecule has 148 valence electrons. The van der Waals surface area contributed by atoms with Gasteiger partial charge in [-0.25, -0.2) is 8.42 Å². The van der Waals surface area contributed by atoms with Gasteiger partial charge in [0.05, 0.1) is 19.0 Å². The highest BCUT2D eigenvalue weighted by atomic mass is 127. The van der Waals surface area contributed by atoms with E-state index in [2.05, 4.69) is 10.3 Å². The summed E-state index contributed by atoms with van der Waals surface area (Å²) < 4.78 is 31.3. The van der Waals surface area contributed by atoms with Crippen molar-refractivity contribution in [2.75, 3.05) is 52.7 Å². The molecule has 0 spiro atoms. The molecule has 0 aliphatic carbocycles. The number of guanidine groups is 1. The predicted octanol–water partition coefficient (Wildman–Crippen LogP) is 1.63. The summed E-state index contributed by atoms with van der Waals surface area (Å²) in [6.45, 7) is 2.62. The molecule has 10 heteroatoms. The van der Waals surface area contributed by atoms with E-state index in [-0.39, 0.29) is 29.7 Å². The Kier molecular flexibility index (Phi) is 10.2. The van der Waals surface area contributed by atoms with Gasteiger partial charge < -0.3 is 15.0 Å². The first-order chi connectivity index (χ1) is 11.9. The van der Waals surface area contributed by atoms with Crippen LogP contribution in [0.1, 0.15) is 5.56 Å². The Hall–Kier alpha value is -0.620. The Morgan fingerprint density at radius 1 is 1.35 bits per heavy atom. The van der Waals surface area contributed by atoms with Crippen molar-refractivity contribution in [2.45, 2.75) is 6.54 Å². The first kappa shape index (κ1) is 23.4. The van der Waals surface area contributed by atoms with Gasteiger partial charge in [0.1, 0.15) is 0 Å². The molecule has 1 aliphatic rings. The molecule has 0 atom stereocenters. The lowest BCUT2D eigenvalue weighted by atomic mass is 10.2. The lowest BCUT2D eigenvalue weighted by Gasteiger charge is -2.27. The Balaban J connectivity index is 0.00000338. The standard InChI is InChI=1S/C16H25ClN4O3S.HI/c1-18-16(20(2)13-14-5-3-4-6-15(14)17)19-7-12-25(22,23)21-8-10-24-11-9-21;/h3-6H,7-13H2,1-2H3,(H,18,19);1H. The lowest BCUT2D eigenvalue weighted by Crippen LogP contribution is -2.45. The van der Waals surface area contributed by atoms with Crippen molar-refractivity contribution >= 4 is 51.6 Å². The number of hydrogen-bond donors (Lipinski definition) is 1. The van der Waals surface area contributed by atoms with E-state index < -0.39 is 10.0 Å². The topological polar surface area (TPSA) is 74.2 Å². The number of aliphatic imine (C=N–C) groups is 1. The van der Waals surface area contributed by atoms with Gasteiger partial charge in [-0.3, -0.25) is 4.99 Å². The molecule has 0 aromatic heterocycles. The van der Waals surface area contributed by atoms with Crippen molar-refractivity contribution in [3.63, 3.8) is 0 Å². The number of ether oxygens (including phenoxy) is 1. The van der Waals surface area contributed by atoms with Crippen LogP contribution in [-0.4, -0.2) is 76.3 Å². The molecule has 2 rings (SSSR count). The number of hydrogen-bond acceptors (Lipinski definition) is 4. The van der Waals surface area contributed by atoms with E-state index in [1.165, 1.54) is 4.31 Å². The number of rotatable bonds is 6. The summed E-state index contributed by atoms with van der Waals surface area (Å²) in [7, 11) is 0.270. The maximum absolute atomic E-state index is 12.3. The Bertz CT molecular complexity index is 696. The minimum Gasteiger partial charge on any atom is -0.379 e. The van der Waals surface area contributed by atoms with E-state index in [4.69, 9.17) is 16.3 Å². The lowest BCUT2D eigenvalue weighted by molar-refractivity contribution is 0.0730. The first-order valence-electron chi connectivity index (χ1n) is 8.15. The number of morpholine rings is 1. The van der Waals surface area contributed by atoms with Crippen LogP contribution in [0.3, 0.4) is 0 Å². The molecule has 1 heterocycles. The molecule has 0 amide bonds. The van der Waals surface area contributed by atoms with Crippen molar-refractivity contribution in [3.8, 4) is 0 Å². The third kappa shape index (κ3) is 6.84. The smallest absolute Gasteiger partial charge is 0.215 e. The van der Waals surface area contributed by atoms with E-state index >= 15 is 0 Å². The summed E-state index contributed by atoms with van der Waals surface area (Å²) in [6, 6.07) is 7.61. The van der Waals surface area contributed by atoms with E-state index in [1.54, 1.807) is 7.05 Å². The molecule has 1 fully saturated rings. The Labute approximate surface area is 177 Å². The first-order valence-corrected chi connectivity index (χ1v) is 10.1. The molecular weight excluding hydrogens is 491 g/mol. The summed E-state index contributed by atoms with van der Waals surface area (Å²) in [5.74, 6) is 0.642. The molecule has 0 unspecified atom stereocenters. The fourth-order valence-corrected chi connectivity index (χ4v) is 4.11. The molecule has 0 bridgehead atoms. The van der Waals surface area contributed by atoms with Crippen LogP contribution in [0.4, 0.5) is 0 Å². The van der Waals surface area contributed by atoms with Crippen LogP contribution >= 0.6 is 35.6 Å². The number of benzene rings is 1. The number of nitrogens with one attached hydrogen (secondary N) is 1. The van der Waals surface area contributed by atoms with Crippen LogP contribution in [0.2, 0.25) is 5.02 Å². The Morgan fingerprint density at radius 2 is 2.00 bits per heavy atom. The van der Waals surface area contributed by atoms with E-state index in [0.717, 1.165) is 5.56 Å². The van der Waals surface area contributed by atoms with Gasteiger partial charge in [-0.1, -0.05) is 29.8 Å². The normalized spacial score (nSPS) is 16.0. The summed E-state index contributed by atoms with van der Waals surface area (Å²) in [5, 5.41) is 3.79. The highest BCUT2D eigenvalue weighted by Gasteiger charge is 2.24. The van der Waals surface area contributed by atoms with E-state index in [0.29, 0.717) is 50.4 Å². The van der Waals surface area contributed by atoms with Crippen LogP contribution in [0.25, 0.3) is 0 Å². The van der Waals surface area contributed by atoms with E-state index in [9.17, 15) is 8.42 Å². The molecule has 1 saturated heterocycles. The summed E-state index contributed by atoms with van der Waals surface area (Å²) >= 11 is 6.18. The van der Waals surface area contributed by atoms with Gasteiger partial charge in [0, 0.05) is 45.3 Å². The van der Waals surface area contributed by atoms with Gasteiger partial charge in [-0.2, -0.15) is 4.31 Å². The minimum absolute atomic E-state index is 0. The largest absolute Gasteiger partial charge is 0.379 e. The van der Waals surface area contributed by atoms with Gasteiger partial charge in [-0.05, 0) is 11.6 Å². The molecule has 7 nitrogen and oxygen atoms in total. The fourth-order valence-electron chi connectivity index (χ4n) is 2.59. The minimum atomic E-state index is -3.28. The third-order valence-corrected chi connectivity index (χ3v) is 6.19. The highest BCUT2D eigenvalue weighted by Crippen LogP contribution is 2.16. The van der Waals surface area contributed by atoms with Crippen LogP contribution in [0.15, 0.2) is 29.3 Å².